The van der Waals surface area contributed by atoms with Gasteiger partial charge in [0.15, 0.2) is 0 Å². The second-order valence-corrected chi connectivity index (χ2v) is 4.64. The summed E-state index contributed by atoms with van der Waals surface area (Å²) in [5, 5.41) is 11.2. The number of nitrogens with two attached hydrogens (primary N) is 1. The zero-order valence-corrected chi connectivity index (χ0v) is 9.22. The Morgan fingerprint density at radius 2 is 1.89 bits per heavy atom. The van der Waals surface area contributed by atoms with E-state index in [1.807, 2.05) is 4.40 Å². The number of anilines is 1. The molecular weight excluding hydrogens is 280 g/mol. The van der Waals surface area contributed by atoms with E-state index in [0.29, 0.717) is 6.07 Å². The summed E-state index contributed by atoms with van der Waals surface area (Å²) in [5.74, 6) is -2.75. The molecule has 0 spiro atoms. The van der Waals surface area contributed by atoms with Crippen LogP contribution in [0.3, 0.4) is 0 Å². The van der Waals surface area contributed by atoms with Gasteiger partial charge in [0.2, 0.25) is 0 Å². The minimum Gasteiger partial charge on any atom is -0.858 e. The van der Waals surface area contributed by atoms with Crippen LogP contribution in [0.25, 0.3) is 0 Å². The van der Waals surface area contributed by atoms with E-state index in [2.05, 4.69) is 0 Å². The molecule has 0 saturated heterocycles. The van der Waals surface area contributed by atoms with Crippen molar-refractivity contribution in [2.75, 3.05) is 5.73 Å². The number of nitrogens with zero attached hydrogens (tertiary/aromatic N) is 1. The van der Waals surface area contributed by atoms with E-state index < -0.39 is 32.8 Å². The molecule has 1 aromatic carbocycles. The second kappa shape index (κ2) is 4.44. The van der Waals surface area contributed by atoms with Gasteiger partial charge in [-0.05, 0) is 18.2 Å². The molecule has 5 nitrogen and oxygen atoms in total. The number of rotatable bonds is 2. The molecule has 18 heavy (non-hydrogen) atoms. The highest BCUT2D eigenvalue weighted by Crippen LogP contribution is 2.25. The number of hydrogen-bond acceptors (Lipinski definition) is 4. The zero-order valence-electron chi connectivity index (χ0n) is 8.40. The molecule has 0 bridgehead atoms. The second-order valence-electron chi connectivity index (χ2n) is 3.05. The minimum absolute atomic E-state index is 0.387. The fraction of sp³-hybridized carbons (Fsp3) is 0.125. The summed E-state index contributed by atoms with van der Waals surface area (Å²) in [7, 11) is -5.98. The molecule has 1 aromatic rings. The number of benzene rings is 1. The first-order valence-electron chi connectivity index (χ1n) is 4.18. The average Bonchev–Trinajstić information content (AvgIpc) is 2.19. The molecule has 1 rings (SSSR count). The van der Waals surface area contributed by atoms with Crippen molar-refractivity contribution in [3.63, 3.8) is 0 Å². The summed E-state index contributed by atoms with van der Waals surface area (Å²) < 4.78 is 71.8. The van der Waals surface area contributed by atoms with Crippen molar-refractivity contribution in [3.8, 4) is 0 Å². The maximum atomic E-state index is 12.8. The Bertz CT molecular complexity index is 595. The minimum atomic E-state index is -5.98. The summed E-state index contributed by atoms with van der Waals surface area (Å²) in [4.78, 5) is 0. The Hall–Kier alpha value is -1.84. The van der Waals surface area contributed by atoms with E-state index in [1.54, 1.807) is 0 Å². The van der Waals surface area contributed by atoms with Gasteiger partial charge in [0.25, 0.3) is 0 Å². The molecule has 10 heteroatoms. The molecule has 0 heterocycles. The van der Waals surface area contributed by atoms with E-state index in [4.69, 9.17) is 5.73 Å². The van der Waals surface area contributed by atoms with Gasteiger partial charge in [-0.3, -0.25) is 0 Å². The molecule has 0 aromatic heterocycles. The third kappa shape index (κ3) is 2.88. The van der Waals surface area contributed by atoms with Crippen molar-refractivity contribution in [2.45, 2.75) is 5.51 Å². The standard InChI is InChI=1S/C8H6F4N2O3S/c9-4-1-2-6(13)5(3-4)7(15)14-18(16,17)8(10,11)12/h1-3H,13H2,(H,14,15)/p-1. The molecule has 2 N–H and O–H groups in total. The van der Waals surface area contributed by atoms with Gasteiger partial charge in [0, 0.05) is 17.1 Å². The predicted molar refractivity (Wildman–Crippen MR) is 52.3 cm³/mol. The van der Waals surface area contributed by atoms with Crippen molar-refractivity contribution >= 4 is 21.6 Å². The van der Waals surface area contributed by atoms with Gasteiger partial charge < -0.3 is 10.8 Å². The molecule has 0 aliphatic heterocycles. The number of sulfonamides is 1. The van der Waals surface area contributed by atoms with Gasteiger partial charge in [-0.1, -0.05) is 0 Å². The van der Waals surface area contributed by atoms with Crippen LogP contribution in [0.2, 0.25) is 0 Å². The molecule has 0 unspecified atom stereocenters. The Morgan fingerprint density at radius 1 is 1.33 bits per heavy atom. The van der Waals surface area contributed by atoms with Crippen LogP contribution < -0.4 is 10.8 Å². The lowest BCUT2D eigenvalue weighted by atomic mass is 10.2. The van der Waals surface area contributed by atoms with E-state index in [0.717, 1.165) is 12.1 Å². The molecule has 0 aliphatic rings. The summed E-state index contributed by atoms with van der Waals surface area (Å²) in [6.45, 7) is 0. The van der Waals surface area contributed by atoms with Crippen LogP contribution in [0.1, 0.15) is 5.56 Å². The van der Waals surface area contributed by atoms with Crippen molar-refractivity contribution in [1.29, 1.82) is 0 Å². The molecule has 100 valence electrons. The van der Waals surface area contributed by atoms with E-state index >= 15 is 0 Å². The van der Waals surface area contributed by atoms with E-state index in [9.17, 15) is 31.1 Å². The number of hydrogen-bond donors (Lipinski definition) is 1. The third-order valence-corrected chi connectivity index (χ3v) is 2.73. The van der Waals surface area contributed by atoms with Gasteiger partial charge in [0.1, 0.15) is 5.82 Å². The molecule has 0 aliphatic carbocycles. The van der Waals surface area contributed by atoms with Gasteiger partial charge in [-0.2, -0.15) is 26.0 Å². The van der Waals surface area contributed by atoms with Crippen molar-refractivity contribution in [3.05, 3.63) is 29.6 Å². The summed E-state index contributed by atoms with van der Waals surface area (Å²) in [6.07, 6.45) is 0. The third-order valence-electron chi connectivity index (χ3n) is 1.74. The van der Waals surface area contributed by atoms with Crippen molar-refractivity contribution in [2.24, 2.45) is 4.40 Å². The largest absolute Gasteiger partial charge is 0.858 e. The van der Waals surface area contributed by atoms with Gasteiger partial charge in [-0.15, -0.1) is 0 Å². The van der Waals surface area contributed by atoms with Gasteiger partial charge in [0.05, 0.1) is 0 Å². The van der Waals surface area contributed by atoms with Crippen molar-refractivity contribution in [1.82, 2.24) is 0 Å². The summed E-state index contributed by atoms with van der Waals surface area (Å²) >= 11 is 0. The normalized spacial score (nSPS) is 13.7. The predicted octanol–water partition coefficient (Wildman–Crippen LogP) is 0.364. The molecule has 0 saturated carbocycles. The Morgan fingerprint density at radius 3 is 2.39 bits per heavy atom. The first-order valence-corrected chi connectivity index (χ1v) is 5.62. The van der Waals surface area contributed by atoms with E-state index in [1.165, 1.54) is 0 Å². The van der Waals surface area contributed by atoms with Crippen LogP contribution in [0.4, 0.5) is 23.2 Å². The Kier molecular flexibility index (Phi) is 3.51. The highest BCUT2D eigenvalue weighted by atomic mass is 32.2. The molecule has 0 fully saturated rings. The summed E-state index contributed by atoms with van der Waals surface area (Å²) in [5.41, 5.74) is -1.66. The smallest absolute Gasteiger partial charge is 0.518 e. The molecular formula is C8H5F4N2O3S-. The fourth-order valence-corrected chi connectivity index (χ4v) is 1.34. The topological polar surface area (TPSA) is 95.6 Å². The quantitative estimate of drug-likeness (QED) is 0.367. The number of alkyl halides is 3. The first kappa shape index (κ1) is 14.2. The zero-order chi connectivity index (χ0) is 14.1. The lowest BCUT2D eigenvalue weighted by Gasteiger charge is -2.13. The van der Waals surface area contributed by atoms with Crippen molar-refractivity contribution < 1.29 is 31.1 Å². The van der Waals surface area contributed by atoms with E-state index in [-0.39, 0.29) is 5.69 Å². The SMILES string of the molecule is Nc1ccc(F)cc1/C([O-])=N/S(=O)(=O)C(F)(F)F. The highest BCUT2D eigenvalue weighted by Gasteiger charge is 2.45. The lowest BCUT2D eigenvalue weighted by molar-refractivity contribution is -0.212. The first-order chi connectivity index (χ1) is 8.04. The fourth-order valence-electron chi connectivity index (χ4n) is 0.924. The molecule has 0 atom stereocenters. The van der Waals surface area contributed by atoms with Crippen LogP contribution in [0, 0.1) is 5.82 Å². The Balaban J connectivity index is 3.31. The summed E-state index contributed by atoms with van der Waals surface area (Å²) in [6, 6.07) is 2.25. The molecule has 0 amide bonds. The Labute approximate surface area is 98.6 Å². The maximum absolute atomic E-state index is 12.8. The van der Waals surface area contributed by atoms with Crippen LogP contribution in [-0.4, -0.2) is 19.8 Å². The van der Waals surface area contributed by atoms with Gasteiger partial charge >= 0.3 is 15.5 Å². The highest BCUT2D eigenvalue weighted by molar-refractivity contribution is 7.91. The monoisotopic (exact) mass is 285 g/mol. The number of nitrogen functional groups attached to an aromatic ring is 1. The maximum Gasteiger partial charge on any atom is 0.518 e. The van der Waals surface area contributed by atoms with Crippen LogP contribution in [0.5, 0.6) is 0 Å². The van der Waals surface area contributed by atoms with Crippen LogP contribution >= 0.6 is 0 Å². The lowest BCUT2D eigenvalue weighted by Crippen LogP contribution is -2.27. The van der Waals surface area contributed by atoms with Crippen LogP contribution in [-0.2, 0) is 10.0 Å². The van der Waals surface area contributed by atoms with Gasteiger partial charge in [-0.25, -0.2) is 4.39 Å². The number of halogens is 4. The molecule has 0 radical (unpaired) electrons. The average molecular weight is 285 g/mol. The van der Waals surface area contributed by atoms with Crippen LogP contribution in [0.15, 0.2) is 22.6 Å².